The van der Waals surface area contributed by atoms with Gasteiger partial charge in [-0.05, 0) is 35.9 Å². The molecule has 11 heteroatoms. The first kappa shape index (κ1) is 23.3. The fraction of sp³-hybridized carbons (Fsp3) is 0.174. The van der Waals surface area contributed by atoms with Crippen molar-refractivity contribution in [2.45, 2.75) is 18.4 Å². The van der Waals surface area contributed by atoms with Crippen LogP contribution in [0.5, 0.6) is 0 Å². The molecule has 5 nitrogen and oxygen atoms in total. The Bertz CT molecular complexity index is 1340. The lowest BCUT2D eigenvalue weighted by Gasteiger charge is -2.22. The van der Waals surface area contributed by atoms with E-state index in [0.29, 0.717) is 10.9 Å². The van der Waals surface area contributed by atoms with E-state index in [9.17, 15) is 31.1 Å². The lowest BCUT2D eigenvalue weighted by molar-refractivity contribution is -0.139. The number of amides is 1. The number of pyridine rings is 1. The van der Waals surface area contributed by atoms with Crippen LogP contribution < -0.4 is 5.32 Å². The Morgan fingerprint density at radius 2 is 1.59 bits per heavy atom. The van der Waals surface area contributed by atoms with E-state index in [2.05, 4.69) is 15.4 Å². The summed E-state index contributed by atoms with van der Waals surface area (Å²) in [5.41, 5.74) is -2.08. The number of nitrogens with zero attached hydrogens (tertiary/aromatic N) is 3. The van der Waals surface area contributed by atoms with Crippen LogP contribution in [0, 0.1) is 0 Å². The second-order valence-electron chi connectivity index (χ2n) is 7.45. The zero-order chi connectivity index (χ0) is 24.7. The van der Waals surface area contributed by atoms with Crippen LogP contribution in [0.1, 0.15) is 38.9 Å². The number of nitrogens with one attached hydrogen (secondary N) is 1. The van der Waals surface area contributed by atoms with Crippen molar-refractivity contribution in [3.05, 3.63) is 94.9 Å². The van der Waals surface area contributed by atoms with Crippen molar-refractivity contribution in [2.24, 2.45) is 7.05 Å². The Hall–Kier alpha value is -3.89. The molecule has 1 amide bonds. The molecule has 2 heterocycles. The number of rotatable bonds is 4. The van der Waals surface area contributed by atoms with Gasteiger partial charge in [0.15, 0.2) is 5.69 Å². The van der Waals surface area contributed by atoms with Crippen molar-refractivity contribution in [2.75, 3.05) is 0 Å². The molecule has 0 unspecified atom stereocenters. The molecular weight excluding hydrogens is 462 g/mol. The first-order valence-corrected chi connectivity index (χ1v) is 9.88. The van der Waals surface area contributed by atoms with Crippen LogP contribution in [0.3, 0.4) is 0 Å². The summed E-state index contributed by atoms with van der Waals surface area (Å²) in [5, 5.41) is 7.11. The second kappa shape index (κ2) is 8.47. The molecule has 0 radical (unpaired) electrons. The molecule has 2 aromatic heterocycles. The van der Waals surface area contributed by atoms with Crippen LogP contribution in [-0.4, -0.2) is 20.7 Å². The number of benzene rings is 2. The topological polar surface area (TPSA) is 59.8 Å². The van der Waals surface area contributed by atoms with Crippen LogP contribution in [-0.2, 0) is 19.4 Å². The van der Waals surface area contributed by atoms with Crippen molar-refractivity contribution in [3.8, 4) is 0 Å². The average Bonchev–Trinajstić information content (AvgIpc) is 3.13. The summed E-state index contributed by atoms with van der Waals surface area (Å²) in [7, 11) is 1.60. The van der Waals surface area contributed by atoms with Gasteiger partial charge in [0.1, 0.15) is 0 Å². The molecule has 0 fully saturated rings. The number of para-hydroxylation sites is 1. The fourth-order valence-electron chi connectivity index (χ4n) is 3.64. The molecule has 2 aromatic carbocycles. The maximum atomic E-state index is 13.7. The predicted molar refractivity (Wildman–Crippen MR) is 111 cm³/mol. The van der Waals surface area contributed by atoms with Gasteiger partial charge in [0.05, 0.1) is 28.4 Å². The number of halogens is 6. The standard InChI is InChI=1S/C23H16F6N4O/c1-33-17-7-3-2-5-15(17)19(32-33)21(34)31-18(13-8-10-14(11-9-13)22(24,25)26)20-16(23(27,28)29)6-4-12-30-20/h2-12,18H,1H3,(H,31,34)/t18-/m0/s1. The molecule has 0 spiro atoms. The van der Waals surface area contributed by atoms with Crippen molar-refractivity contribution in [1.82, 2.24) is 20.1 Å². The summed E-state index contributed by atoms with van der Waals surface area (Å²) in [5.74, 6) is -0.805. The van der Waals surface area contributed by atoms with E-state index in [1.54, 1.807) is 31.3 Å². The average molecular weight is 478 g/mol. The van der Waals surface area contributed by atoms with Gasteiger partial charge in [-0.2, -0.15) is 31.4 Å². The zero-order valence-corrected chi connectivity index (χ0v) is 17.4. The highest BCUT2D eigenvalue weighted by Crippen LogP contribution is 2.36. The SMILES string of the molecule is Cn1nc(C(=O)N[C@@H](c2ccc(C(F)(F)F)cc2)c2ncccc2C(F)(F)F)c2ccccc21. The van der Waals surface area contributed by atoms with E-state index < -0.39 is 41.1 Å². The molecule has 1 atom stereocenters. The highest BCUT2D eigenvalue weighted by Gasteiger charge is 2.37. The zero-order valence-electron chi connectivity index (χ0n) is 17.4. The number of carbonyl (C=O) groups excluding carboxylic acids is 1. The summed E-state index contributed by atoms with van der Waals surface area (Å²) < 4.78 is 81.6. The molecular formula is C23H16F6N4O. The van der Waals surface area contributed by atoms with E-state index in [4.69, 9.17) is 0 Å². The highest BCUT2D eigenvalue weighted by atomic mass is 19.4. The number of alkyl halides is 6. The van der Waals surface area contributed by atoms with Crippen molar-refractivity contribution in [3.63, 3.8) is 0 Å². The van der Waals surface area contributed by atoms with Crippen LogP contribution in [0.25, 0.3) is 10.9 Å². The number of carbonyl (C=O) groups is 1. The van der Waals surface area contributed by atoms with E-state index in [-0.39, 0.29) is 11.3 Å². The summed E-state index contributed by atoms with van der Waals surface area (Å²) in [4.78, 5) is 17.0. The van der Waals surface area contributed by atoms with Gasteiger partial charge < -0.3 is 5.32 Å². The number of aryl methyl sites for hydroxylation is 1. The maximum Gasteiger partial charge on any atom is 0.418 e. The molecule has 0 aliphatic carbocycles. The maximum absolute atomic E-state index is 13.7. The van der Waals surface area contributed by atoms with Gasteiger partial charge in [0, 0.05) is 18.6 Å². The fourth-order valence-corrected chi connectivity index (χ4v) is 3.64. The van der Waals surface area contributed by atoms with Gasteiger partial charge in [-0.3, -0.25) is 14.5 Å². The smallest absolute Gasteiger partial charge is 0.338 e. The summed E-state index contributed by atoms with van der Waals surface area (Å²) >= 11 is 0. The molecule has 176 valence electrons. The quantitative estimate of drug-likeness (QED) is 0.393. The minimum Gasteiger partial charge on any atom is -0.338 e. The van der Waals surface area contributed by atoms with E-state index in [0.717, 1.165) is 42.6 Å². The Morgan fingerprint density at radius 1 is 0.912 bits per heavy atom. The Balaban J connectivity index is 1.81. The van der Waals surface area contributed by atoms with E-state index >= 15 is 0 Å². The molecule has 1 N–H and O–H groups in total. The molecule has 0 aliphatic rings. The molecule has 0 bridgehead atoms. The normalized spacial score (nSPS) is 13.1. The first-order chi connectivity index (χ1) is 16.0. The monoisotopic (exact) mass is 478 g/mol. The highest BCUT2D eigenvalue weighted by molar-refractivity contribution is 6.05. The van der Waals surface area contributed by atoms with Gasteiger partial charge in [-0.25, -0.2) is 0 Å². The van der Waals surface area contributed by atoms with Crippen molar-refractivity contribution in [1.29, 1.82) is 0 Å². The minimum absolute atomic E-state index is 0.00853. The Labute approximate surface area is 189 Å². The van der Waals surface area contributed by atoms with Crippen LogP contribution in [0.4, 0.5) is 26.3 Å². The summed E-state index contributed by atoms with van der Waals surface area (Å²) in [6, 6.07) is 10.6. The largest absolute Gasteiger partial charge is 0.418 e. The minimum atomic E-state index is -4.81. The summed E-state index contributed by atoms with van der Waals surface area (Å²) in [6.45, 7) is 0. The van der Waals surface area contributed by atoms with Crippen molar-refractivity contribution >= 4 is 16.8 Å². The number of hydrogen-bond donors (Lipinski definition) is 1. The molecule has 0 aliphatic heterocycles. The lowest BCUT2D eigenvalue weighted by atomic mass is 9.97. The van der Waals surface area contributed by atoms with Crippen LogP contribution >= 0.6 is 0 Å². The molecule has 34 heavy (non-hydrogen) atoms. The van der Waals surface area contributed by atoms with E-state index in [1.165, 1.54) is 4.68 Å². The predicted octanol–water partition coefficient (Wildman–Crippen LogP) is 5.53. The van der Waals surface area contributed by atoms with Crippen LogP contribution in [0.15, 0.2) is 66.9 Å². The third-order valence-corrected chi connectivity index (χ3v) is 5.24. The second-order valence-corrected chi connectivity index (χ2v) is 7.45. The van der Waals surface area contributed by atoms with Gasteiger partial charge in [0.2, 0.25) is 0 Å². The molecule has 0 saturated heterocycles. The Morgan fingerprint density at radius 3 is 2.24 bits per heavy atom. The van der Waals surface area contributed by atoms with Gasteiger partial charge in [-0.15, -0.1) is 0 Å². The van der Waals surface area contributed by atoms with Crippen LogP contribution in [0.2, 0.25) is 0 Å². The number of fused-ring (bicyclic) bond motifs is 1. The molecule has 0 saturated carbocycles. The molecule has 4 aromatic rings. The van der Waals surface area contributed by atoms with Gasteiger partial charge in [0.25, 0.3) is 5.91 Å². The van der Waals surface area contributed by atoms with Crippen molar-refractivity contribution < 1.29 is 31.1 Å². The lowest BCUT2D eigenvalue weighted by Crippen LogP contribution is -2.32. The Kier molecular flexibility index (Phi) is 5.80. The van der Waals surface area contributed by atoms with E-state index in [1.807, 2.05) is 0 Å². The number of hydrogen-bond acceptors (Lipinski definition) is 3. The van der Waals surface area contributed by atoms with Gasteiger partial charge >= 0.3 is 12.4 Å². The van der Waals surface area contributed by atoms with Gasteiger partial charge in [-0.1, -0.05) is 30.3 Å². The third kappa shape index (κ3) is 4.45. The summed E-state index contributed by atoms with van der Waals surface area (Å²) in [6.07, 6.45) is -8.33. The first-order valence-electron chi connectivity index (χ1n) is 9.88. The third-order valence-electron chi connectivity index (χ3n) is 5.24. The number of aromatic nitrogens is 3. The molecule has 4 rings (SSSR count).